The summed E-state index contributed by atoms with van der Waals surface area (Å²) < 4.78 is 0. The zero-order chi connectivity index (χ0) is 36.4. The van der Waals surface area contributed by atoms with Gasteiger partial charge in [0, 0.05) is 22.1 Å². The van der Waals surface area contributed by atoms with Gasteiger partial charge in [0.1, 0.15) is 0 Å². The number of nitrogens with zero attached hydrogens (tertiary/aromatic N) is 3. The van der Waals surface area contributed by atoms with Gasteiger partial charge in [0.15, 0.2) is 5.82 Å². The average Bonchev–Trinajstić information content (AvgIpc) is 3.53. The normalized spacial score (nSPS) is 14.0. The van der Waals surface area contributed by atoms with Crippen molar-refractivity contribution in [2.75, 3.05) is 0 Å². The van der Waals surface area contributed by atoms with Crippen molar-refractivity contribution in [2.45, 2.75) is 24.7 Å². The largest absolute Gasteiger partial charge is 0.228 e. The van der Waals surface area contributed by atoms with Gasteiger partial charge in [0.25, 0.3) is 0 Å². The number of hydrogen-bond donors (Lipinski definition) is 0. The van der Waals surface area contributed by atoms with Crippen molar-refractivity contribution in [1.29, 1.82) is 5.26 Å². The molecule has 1 aromatic heterocycles. The molecule has 0 atom stereocenters. The van der Waals surface area contributed by atoms with Crippen molar-refractivity contribution in [2.24, 2.45) is 0 Å². The number of nitriles is 1. The van der Waals surface area contributed by atoms with Gasteiger partial charge in [-0.05, 0) is 98.1 Å². The summed E-state index contributed by atoms with van der Waals surface area (Å²) in [5.41, 5.74) is 17.6. The molecule has 10 rings (SSSR count). The SMILES string of the molecule is CC1(C)c2ccccc2C2(c3ccccc3-c3cc(-c4cccc(-c5cc(-c6ccccc6)nc(-c6ccc(C#N)cc6)n5)c4)ccc32)c2ccccc21. The predicted molar refractivity (Wildman–Crippen MR) is 218 cm³/mol. The van der Waals surface area contributed by atoms with Crippen LogP contribution in [0, 0.1) is 11.3 Å². The molecule has 2 aliphatic rings. The van der Waals surface area contributed by atoms with E-state index in [0.717, 1.165) is 39.2 Å². The van der Waals surface area contributed by atoms with Crippen LogP contribution in [-0.4, -0.2) is 9.97 Å². The second-order valence-corrected chi connectivity index (χ2v) is 14.9. The Bertz CT molecular complexity index is 2760. The average molecular weight is 690 g/mol. The van der Waals surface area contributed by atoms with Crippen molar-refractivity contribution in [3.05, 3.63) is 215 Å². The Balaban J connectivity index is 1.13. The first-order valence-electron chi connectivity index (χ1n) is 18.5. The summed E-state index contributed by atoms with van der Waals surface area (Å²) in [6.45, 7) is 4.73. The summed E-state index contributed by atoms with van der Waals surface area (Å²) >= 11 is 0. The van der Waals surface area contributed by atoms with Gasteiger partial charge in [-0.2, -0.15) is 5.26 Å². The topological polar surface area (TPSA) is 49.6 Å². The van der Waals surface area contributed by atoms with Crippen LogP contribution in [0.25, 0.3) is 56.2 Å². The van der Waals surface area contributed by atoms with Crippen LogP contribution in [0.4, 0.5) is 0 Å². The van der Waals surface area contributed by atoms with E-state index in [1.54, 1.807) is 0 Å². The molecule has 0 saturated carbocycles. The molecular formula is C51H35N3. The van der Waals surface area contributed by atoms with Gasteiger partial charge in [0.05, 0.1) is 28.4 Å². The van der Waals surface area contributed by atoms with E-state index in [9.17, 15) is 5.26 Å². The third-order valence-corrected chi connectivity index (χ3v) is 11.6. The maximum absolute atomic E-state index is 9.39. The van der Waals surface area contributed by atoms with Crippen LogP contribution in [0.5, 0.6) is 0 Å². The Morgan fingerprint density at radius 3 is 1.61 bits per heavy atom. The van der Waals surface area contributed by atoms with Gasteiger partial charge in [-0.15, -0.1) is 0 Å². The zero-order valence-corrected chi connectivity index (χ0v) is 30.1. The summed E-state index contributed by atoms with van der Waals surface area (Å²) in [7, 11) is 0. The highest BCUT2D eigenvalue weighted by Crippen LogP contribution is 2.62. The maximum atomic E-state index is 9.39. The van der Waals surface area contributed by atoms with Crippen LogP contribution in [0.15, 0.2) is 176 Å². The van der Waals surface area contributed by atoms with Crippen LogP contribution >= 0.6 is 0 Å². The molecule has 8 aromatic rings. The fourth-order valence-electron chi connectivity index (χ4n) is 9.08. The van der Waals surface area contributed by atoms with Crippen LogP contribution in [0.1, 0.15) is 52.8 Å². The summed E-state index contributed by atoms with van der Waals surface area (Å²) in [5.74, 6) is 0.622. The summed E-state index contributed by atoms with van der Waals surface area (Å²) in [4.78, 5) is 10.1. The predicted octanol–water partition coefficient (Wildman–Crippen LogP) is 12.0. The van der Waals surface area contributed by atoms with Gasteiger partial charge in [-0.1, -0.05) is 147 Å². The molecule has 0 fully saturated rings. The Morgan fingerprint density at radius 1 is 0.407 bits per heavy atom. The Labute approximate surface area is 315 Å². The van der Waals surface area contributed by atoms with Crippen LogP contribution in [-0.2, 0) is 10.8 Å². The smallest absolute Gasteiger partial charge is 0.160 e. The van der Waals surface area contributed by atoms with Crippen LogP contribution in [0.2, 0.25) is 0 Å². The first kappa shape index (κ1) is 31.8. The molecule has 0 aliphatic heterocycles. The molecule has 7 aromatic carbocycles. The number of rotatable bonds is 4. The molecule has 54 heavy (non-hydrogen) atoms. The molecule has 0 bridgehead atoms. The summed E-state index contributed by atoms with van der Waals surface area (Å²) in [6.07, 6.45) is 0. The number of benzene rings is 7. The third-order valence-electron chi connectivity index (χ3n) is 11.6. The van der Waals surface area contributed by atoms with E-state index >= 15 is 0 Å². The molecule has 0 unspecified atom stereocenters. The molecular weight excluding hydrogens is 655 g/mol. The lowest BCUT2D eigenvalue weighted by molar-refractivity contribution is 0.563. The quantitative estimate of drug-likeness (QED) is 0.185. The lowest BCUT2D eigenvalue weighted by atomic mass is 9.55. The van der Waals surface area contributed by atoms with Crippen molar-refractivity contribution in [3.63, 3.8) is 0 Å². The number of aromatic nitrogens is 2. The fraction of sp³-hybridized carbons (Fsp3) is 0.0784. The molecule has 254 valence electrons. The molecule has 0 amide bonds. The lowest BCUT2D eigenvalue weighted by Crippen LogP contribution is -2.40. The van der Waals surface area contributed by atoms with Gasteiger partial charge < -0.3 is 0 Å². The minimum atomic E-state index is -0.411. The van der Waals surface area contributed by atoms with E-state index in [2.05, 4.69) is 153 Å². The van der Waals surface area contributed by atoms with Crippen molar-refractivity contribution in [1.82, 2.24) is 9.97 Å². The molecule has 0 N–H and O–H groups in total. The van der Waals surface area contributed by atoms with E-state index in [0.29, 0.717) is 11.4 Å². The minimum Gasteiger partial charge on any atom is -0.228 e. The first-order chi connectivity index (χ1) is 26.5. The van der Waals surface area contributed by atoms with E-state index < -0.39 is 5.41 Å². The fourth-order valence-corrected chi connectivity index (χ4v) is 9.08. The minimum absolute atomic E-state index is 0.127. The number of fused-ring (bicyclic) bond motifs is 9. The second-order valence-electron chi connectivity index (χ2n) is 14.9. The van der Waals surface area contributed by atoms with Crippen LogP contribution < -0.4 is 0 Å². The first-order valence-corrected chi connectivity index (χ1v) is 18.5. The van der Waals surface area contributed by atoms with Gasteiger partial charge in [-0.3, -0.25) is 0 Å². The number of hydrogen-bond acceptors (Lipinski definition) is 3. The Kier molecular flexibility index (Phi) is 7.12. The molecule has 0 radical (unpaired) electrons. The highest BCUT2D eigenvalue weighted by molar-refractivity contribution is 5.91. The molecule has 3 heteroatoms. The lowest BCUT2D eigenvalue weighted by Gasteiger charge is -2.46. The van der Waals surface area contributed by atoms with E-state index in [1.807, 2.05) is 42.5 Å². The van der Waals surface area contributed by atoms with Crippen molar-refractivity contribution < 1.29 is 0 Å². The highest BCUT2D eigenvalue weighted by Gasteiger charge is 2.53. The van der Waals surface area contributed by atoms with E-state index in [4.69, 9.17) is 9.97 Å². The summed E-state index contributed by atoms with van der Waals surface area (Å²) in [5, 5.41) is 9.39. The Morgan fingerprint density at radius 2 is 0.926 bits per heavy atom. The van der Waals surface area contributed by atoms with Gasteiger partial charge in [-0.25, -0.2) is 9.97 Å². The molecule has 3 nitrogen and oxygen atoms in total. The van der Waals surface area contributed by atoms with Gasteiger partial charge >= 0.3 is 0 Å². The zero-order valence-electron chi connectivity index (χ0n) is 30.1. The van der Waals surface area contributed by atoms with E-state index in [1.165, 1.54) is 44.5 Å². The molecule has 0 saturated heterocycles. The van der Waals surface area contributed by atoms with Crippen molar-refractivity contribution in [3.8, 4) is 62.2 Å². The standard InChI is InChI=1S/C51H35N3/c1-50(2)43-19-8-10-21-45(43)51(46-22-11-9-20-44(46)50)41-18-7-6-17-39(41)40-30-37(27-28-42(40)51)36-15-12-16-38(29-36)48-31-47(34-13-4-3-5-14-34)53-49(54-48)35-25-23-33(32-52)24-26-35/h3-31H,1-2H3. The molecule has 1 spiro atoms. The maximum Gasteiger partial charge on any atom is 0.160 e. The molecule has 2 aliphatic carbocycles. The van der Waals surface area contributed by atoms with Gasteiger partial charge in [0.2, 0.25) is 0 Å². The summed E-state index contributed by atoms with van der Waals surface area (Å²) in [6, 6.07) is 64.9. The molecule has 1 heterocycles. The second kappa shape index (κ2) is 12.1. The van der Waals surface area contributed by atoms with Crippen molar-refractivity contribution >= 4 is 0 Å². The van der Waals surface area contributed by atoms with Crippen LogP contribution in [0.3, 0.4) is 0 Å². The third kappa shape index (κ3) is 4.67. The Hall–Kier alpha value is -6.89. The highest BCUT2D eigenvalue weighted by atomic mass is 14.9. The van der Waals surface area contributed by atoms with E-state index in [-0.39, 0.29) is 5.41 Å². The monoisotopic (exact) mass is 689 g/mol.